The minimum absolute atomic E-state index is 0.175. The van der Waals surface area contributed by atoms with Gasteiger partial charge < -0.3 is 0 Å². The molecule has 1 aromatic heterocycles. The van der Waals surface area contributed by atoms with Crippen molar-refractivity contribution in [1.29, 1.82) is 0 Å². The Morgan fingerprint density at radius 2 is 2.12 bits per heavy atom. The van der Waals surface area contributed by atoms with Crippen LogP contribution in [0.5, 0.6) is 0 Å². The molecule has 2 unspecified atom stereocenters. The maximum absolute atomic E-state index is 11.9. The van der Waals surface area contributed by atoms with Crippen molar-refractivity contribution < 1.29 is 9.00 Å². The van der Waals surface area contributed by atoms with E-state index in [1.165, 1.54) is 11.3 Å². The Morgan fingerprint density at radius 3 is 2.65 bits per heavy atom. The Kier molecular flexibility index (Phi) is 6.06. The average molecular weight is 272 g/mol. The summed E-state index contributed by atoms with van der Waals surface area (Å²) in [6.07, 6.45) is 1.23. The van der Waals surface area contributed by atoms with Crippen molar-refractivity contribution in [1.82, 2.24) is 0 Å². The third-order valence-corrected chi connectivity index (χ3v) is 5.87. The Balaban J connectivity index is 2.29. The van der Waals surface area contributed by atoms with Crippen LogP contribution in [-0.2, 0) is 10.8 Å². The molecule has 0 saturated heterocycles. The molecule has 0 aliphatic heterocycles. The lowest BCUT2D eigenvalue weighted by molar-refractivity contribution is 0.0986. The van der Waals surface area contributed by atoms with E-state index in [0.29, 0.717) is 18.1 Å². The van der Waals surface area contributed by atoms with Gasteiger partial charge in [0.05, 0.1) is 4.88 Å². The van der Waals surface area contributed by atoms with Gasteiger partial charge in [0, 0.05) is 28.2 Å². The van der Waals surface area contributed by atoms with Gasteiger partial charge in [-0.3, -0.25) is 9.00 Å². The minimum atomic E-state index is -0.807. The van der Waals surface area contributed by atoms with Crippen molar-refractivity contribution in [2.45, 2.75) is 38.9 Å². The van der Waals surface area contributed by atoms with E-state index >= 15 is 0 Å². The van der Waals surface area contributed by atoms with Gasteiger partial charge in [-0.1, -0.05) is 26.8 Å². The smallest absolute Gasteiger partial charge is 0.172 e. The second-order valence-electron chi connectivity index (χ2n) is 4.54. The lowest BCUT2D eigenvalue weighted by atomic mass is 10.2. The Hall–Kier alpha value is -0.480. The van der Waals surface area contributed by atoms with Crippen LogP contribution in [0.25, 0.3) is 0 Å². The number of carbonyl (C=O) groups excluding carboxylic acids is 1. The zero-order chi connectivity index (χ0) is 12.8. The van der Waals surface area contributed by atoms with Gasteiger partial charge in [0.15, 0.2) is 5.78 Å². The van der Waals surface area contributed by atoms with Crippen LogP contribution in [0.4, 0.5) is 0 Å². The van der Waals surface area contributed by atoms with E-state index in [1.807, 2.05) is 24.4 Å². The van der Waals surface area contributed by atoms with E-state index in [4.69, 9.17) is 0 Å². The molecule has 4 heteroatoms. The highest BCUT2D eigenvalue weighted by molar-refractivity contribution is 7.85. The van der Waals surface area contributed by atoms with Crippen LogP contribution >= 0.6 is 11.3 Å². The van der Waals surface area contributed by atoms with Crippen LogP contribution in [0.1, 0.15) is 43.3 Å². The molecule has 96 valence electrons. The summed E-state index contributed by atoms with van der Waals surface area (Å²) < 4.78 is 11.9. The molecular weight excluding hydrogens is 252 g/mol. The number of hydrogen-bond acceptors (Lipinski definition) is 3. The molecule has 1 aromatic rings. The van der Waals surface area contributed by atoms with Gasteiger partial charge in [-0.05, 0) is 23.8 Å². The van der Waals surface area contributed by atoms with E-state index in [2.05, 4.69) is 13.8 Å². The highest BCUT2D eigenvalue weighted by atomic mass is 32.2. The van der Waals surface area contributed by atoms with E-state index in [1.54, 1.807) is 0 Å². The molecule has 0 fully saturated rings. The molecule has 0 aliphatic carbocycles. The Labute approximate surface area is 110 Å². The standard InChI is InChI=1S/C13H20O2S2/c1-10(2)11(3)17(15)9-5-6-12(14)13-7-4-8-16-13/h4,7-8,10-11H,5-6,9H2,1-3H3. The molecule has 0 radical (unpaired) electrons. The molecular formula is C13H20O2S2. The van der Waals surface area contributed by atoms with Crippen molar-refractivity contribution in [3.63, 3.8) is 0 Å². The number of thiophene rings is 1. The van der Waals surface area contributed by atoms with Crippen molar-refractivity contribution >= 4 is 27.9 Å². The quantitative estimate of drug-likeness (QED) is 0.712. The molecule has 0 spiro atoms. The highest BCUT2D eigenvalue weighted by Gasteiger charge is 2.15. The maximum atomic E-state index is 11.9. The van der Waals surface area contributed by atoms with Gasteiger partial charge in [-0.15, -0.1) is 11.3 Å². The SMILES string of the molecule is CC(C)C(C)S(=O)CCCC(=O)c1cccs1. The fourth-order valence-corrected chi connectivity index (χ4v) is 3.53. The molecule has 0 bridgehead atoms. The van der Waals surface area contributed by atoms with Crippen molar-refractivity contribution in [2.75, 3.05) is 5.75 Å². The Bertz CT molecular complexity index is 369. The first-order valence-electron chi connectivity index (χ1n) is 5.96. The van der Waals surface area contributed by atoms with Gasteiger partial charge in [-0.2, -0.15) is 0 Å². The molecule has 0 amide bonds. The molecule has 1 rings (SSSR count). The van der Waals surface area contributed by atoms with E-state index in [-0.39, 0.29) is 11.0 Å². The third-order valence-electron chi connectivity index (χ3n) is 2.90. The van der Waals surface area contributed by atoms with Crippen LogP contribution in [0.2, 0.25) is 0 Å². The Morgan fingerprint density at radius 1 is 1.41 bits per heavy atom. The minimum Gasteiger partial charge on any atom is -0.293 e. The monoisotopic (exact) mass is 272 g/mol. The van der Waals surface area contributed by atoms with Crippen molar-refractivity contribution in [3.05, 3.63) is 22.4 Å². The second-order valence-corrected chi connectivity index (χ2v) is 7.40. The molecule has 0 saturated carbocycles. The summed E-state index contributed by atoms with van der Waals surface area (Å²) in [5, 5.41) is 2.12. The third kappa shape index (κ3) is 4.72. The van der Waals surface area contributed by atoms with E-state index in [0.717, 1.165) is 11.3 Å². The summed E-state index contributed by atoms with van der Waals surface area (Å²) in [6, 6.07) is 3.73. The summed E-state index contributed by atoms with van der Waals surface area (Å²) in [4.78, 5) is 12.5. The van der Waals surface area contributed by atoms with Crippen molar-refractivity contribution in [2.24, 2.45) is 5.92 Å². The van der Waals surface area contributed by atoms with Gasteiger partial charge in [0.1, 0.15) is 0 Å². The number of ketones is 1. The van der Waals surface area contributed by atoms with E-state index in [9.17, 15) is 9.00 Å². The van der Waals surface area contributed by atoms with Crippen LogP contribution in [0, 0.1) is 5.92 Å². The molecule has 2 nitrogen and oxygen atoms in total. The molecule has 1 heterocycles. The van der Waals surface area contributed by atoms with Gasteiger partial charge >= 0.3 is 0 Å². The average Bonchev–Trinajstić information content (AvgIpc) is 2.80. The van der Waals surface area contributed by atoms with Crippen molar-refractivity contribution in [3.8, 4) is 0 Å². The van der Waals surface area contributed by atoms with Gasteiger partial charge in [0.2, 0.25) is 0 Å². The number of hydrogen-bond donors (Lipinski definition) is 0. The molecule has 0 aromatic carbocycles. The topological polar surface area (TPSA) is 34.1 Å². The zero-order valence-electron chi connectivity index (χ0n) is 10.6. The second kappa shape index (κ2) is 7.07. The predicted octanol–water partition coefficient (Wildman–Crippen LogP) is 3.50. The lowest BCUT2D eigenvalue weighted by Crippen LogP contribution is -2.20. The fraction of sp³-hybridized carbons (Fsp3) is 0.615. The first kappa shape index (κ1) is 14.6. The maximum Gasteiger partial charge on any atom is 0.172 e. The van der Waals surface area contributed by atoms with Crippen LogP contribution < -0.4 is 0 Å². The lowest BCUT2D eigenvalue weighted by Gasteiger charge is -2.14. The van der Waals surface area contributed by atoms with Gasteiger partial charge in [-0.25, -0.2) is 0 Å². The summed E-state index contributed by atoms with van der Waals surface area (Å²) in [5.74, 6) is 1.24. The summed E-state index contributed by atoms with van der Waals surface area (Å²) in [5.41, 5.74) is 0. The molecule has 0 N–H and O–H groups in total. The largest absolute Gasteiger partial charge is 0.293 e. The van der Waals surface area contributed by atoms with Gasteiger partial charge in [0.25, 0.3) is 0 Å². The van der Waals surface area contributed by atoms with Crippen LogP contribution in [-0.4, -0.2) is 21.0 Å². The number of Topliss-reactive ketones (excluding diaryl/α,β-unsaturated/α-hetero) is 1. The first-order chi connectivity index (χ1) is 8.02. The molecule has 0 aliphatic rings. The fourth-order valence-electron chi connectivity index (χ4n) is 1.42. The van der Waals surface area contributed by atoms with Crippen LogP contribution in [0.15, 0.2) is 17.5 Å². The first-order valence-corrected chi connectivity index (χ1v) is 8.22. The predicted molar refractivity (Wildman–Crippen MR) is 75.2 cm³/mol. The number of carbonyl (C=O) groups is 1. The normalized spacial score (nSPS) is 14.8. The summed E-state index contributed by atoms with van der Waals surface area (Å²) in [7, 11) is -0.807. The van der Waals surface area contributed by atoms with E-state index < -0.39 is 10.8 Å². The number of rotatable bonds is 7. The summed E-state index contributed by atoms with van der Waals surface area (Å²) >= 11 is 1.48. The highest BCUT2D eigenvalue weighted by Crippen LogP contribution is 2.14. The molecule has 2 atom stereocenters. The molecule has 17 heavy (non-hydrogen) atoms. The van der Waals surface area contributed by atoms with Crippen LogP contribution in [0.3, 0.4) is 0 Å². The zero-order valence-corrected chi connectivity index (χ0v) is 12.3. The summed E-state index contributed by atoms with van der Waals surface area (Å²) in [6.45, 7) is 6.18.